The zero-order valence-electron chi connectivity index (χ0n) is 10.4. The summed E-state index contributed by atoms with van der Waals surface area (Å²) in [6.45, 7) is 0.688. The third-order valence-electron chi connectivity index (χ3n) is 3.68. The van der Waals surface area contributed by atoms with Crippen LogP contribution in [0.2, 0.25) is 0 Å². The average Bonchev–Trinajstić information content (AvgIpc) is 2.81. The first kappa shape index (κ1) is 13.2. The highest BCUT2D eigenvalue weighted by Crippen LogP contribution is 2.39. The van der Waals surface area contributed by atoms with Gasteiger partial charge in [0.2, 0.25) is 5.92 Å². The normalized spacial score (nSPS) is 21.8. The number of rotatable bonds is 2. The van der Waals surface area contributed by atoms with E-state index in [1.54, 1.807) is 0 Å². The Morgan fingerprint density at radius 1 is 1.26 bits per heavy atom. The van der Waals surface area contributed by atoms with Crippen molar-refractivity contribution in [3.05, 3.63) is 22.2 Å². The van der Waals surface area contributed by atoms with Crippen LogP contribution in [0.25, 0.3) is 0 Å². The van der Waals surface area contributed by atoms with Gasteiger partial charge in [-0.25, -0.2) is 8.78 Å². The lowest BCUT2D eigenvalue weighted by molar-refractivity contribution is -0.0582. The lowest BCUT2D eigenvalue weighted by atomic mass is 9.94. The molecule has 1 aliphatic heterocycles. The second kappa shape index (κ2) is 4.93. The third kappa shape index (κ3) is 2.86. The van der Waals surface area contributed by atoms with Crippen LogP contribution in [0.5, 0.6) is 11.5 Å². The van der Waals surface area contributed by atoms with Gasteiger partial charge < -0.3 is 9.47 Å². The molecule has 5 heteroatoms. The molecule has 0 saturated heterocycles. The van der Waals surface area contributed by atoms with Crippen LogP contribution in [0, 0.1) is 0 Å². The molecule has 0 aromatic heterocycles. The smallest absolute Gasteiger partial charge is 0.248 e. The van der Waals surface area contributed by atoms with Crippen molar-refractivity contribution in [3.8, 4) is 11.5 Å². The Labute approximate surface area is 119 Å². The van der Waals surface area contributed by atoms with E-state index in [0.717, 1.165) is 28.0 Å². The van der Waals surface area contributed by atoms with E-state index in [1.165, 1.54) is 0 Å². The van der Waals surface area contributed by atoms with Crippen LogP contribution in [0.1, 0.15) is 31.2 Å². The van der Waals surface area contributed by atoms with Crippen LogP contribution in [-0.4, -0.2) is 18.6 Å². The van der Waals surface area contributed by atoms with Crippen molar-refractivity contribution in [1.29, 1.82) is 0 Å². The van der Waals surface area contributed by atoms with E-state index < -0.39 is 5.92 Å². The van der Waals surface area contributed by atoms with Gasteiger partial charge >= 0.3 is 0 Å². The van der Waals surface area contributed by atoms with Gasteiger partial charge in [-0.2, -0.15) is 0 Å². The van der Waals surface area contributed by atoms with Crippen molar-refractivity contribution in [1.82, 2.24) is 0 Å². The van der Waals surface area contributed by atoms with Crippen molar-refractivity contribution in [2.45, 2.75) is 44.1 Å². The molecule has 0 unspecified atom stereocenters. The van der Waals surface area contributed by atoms with E-state index in [2.05, 4.69) is 15.9 Å². The third-order valence-corrected chi connectivity index (χ3v) is 4.27. The van der Waals surface area contributed by atoms with Crippen LogP contribution in [0.3, 0.4) is 0 Å². The molecule has 1 aromatic carbocycles. The second-order valence-electron chi connectivity index (χ2n) is 5.16. The van der Waals surface area contributed by atoms with Crippen molar-refractivity contribution in [3.63, 3.8) is 0 Å². The van der Waals surface area contributed by atoms with Crippen LogP contribution in [-0.2, 0) is 6.42 Å². The topological polar surface area (TPSA) is 18.5 Å². The van der Waals surface area contributed by atoms with Gasteiger partial charge in [-0.05, 0) is 40.9 Å². The lowest BCUT2D eigenvalue weighted by Gasteiger charge is -2.28. The molecule has 1 aliphatic carbocycles. The van der Waals surface area contributed by atoms with Crippen molar-refractivity contribution in [2.24, 2.45) is 0 Å². The van der Waals surface area contributed by atoms with E-state index in [1.807, 2.05) is 12.1 Å². The molecule has 0 spiro atoms. The fourth-order valence-corrected chi connectivity index (χ4v) is 3.22. The molecule has 2 aliphatic rings. The molecule has 1 aromatic rings. The van der Waals surface area contributed by atoms with Crippen LogP contribution in [0.15, 0.2) is 16.6 Å². The number of alkyl halides is 2. The minimum atomic E-state index is -2.51. The summed E-state index contributed by atoms with van der Waals surface area (Å²) in [6, 6.07) is 3.82. The summed E-state index contributed by atoms with van der Waals surface area (Å²) < 4.78 is 38.4. The molecule has 1 heterocycles. The Morgan fingerprint density at radius 2 is 2.00 bits per heavy atom. The fraction of sp³-hybridized carbons (Fsp3) is 0.571. The fourth-order valence-electron chi connectivity index (χ4n) is 2.63. The van der Waals surface area contributed by atoms with Crippen LogP contribution < -0.4 is 9.47 Å². The molecule has 1 saturated carbocycles. The Bertz CT molecular complexity index is 481. The zero-order chi connectivity index (χ0) is 13.5. The Kier molecular flexibility index (Phi) is 3.41. The van der Waals surface area contributed by atoms with Crippen molar-refractivity contribution < 1.29 is 18.3 Å². The molecule has 104 valence electrons. The summed E-state index contributed by atoms with van der Waals surface area (Å²) in [6.07, 6.45) is 1.44. The maximum absolute atomic E-state index is 13.1. The van der Waals surface area contributed by atoms with E-state index in [0.29, 0.717) is 19.4 Å². The van der Waals surface area contributed by atoms with Gasteiger partial charge in [0.1, 0.15) is 11.5 Å². The molecular formula is C14H15BrF2O2. The van der Waals surface area contributed by atoms with E-state index in [9.17, 15) is 8.78 Å². The minimum absolute atomic E-state index is 0.0765. The monoisotopic (exact) mass is 332 g/mol. The van der Waals surface area contributed by atoms with Gasteiger partial charge in [-0.3, -0.25) is 0 Å². The standard InChI is InChI=1S/C14H15BrF2O2/c15-12-8-11(7-9-3-6-18-13(9)12)19-10-1-4-14(16,17)5-2-10/h7-8,10H,1-6H2. The number of hydrogen-bond donors (Lipinski definition) is 0. The second-order valence-corrected chi connectivity index (χ2v) is 6.02. The molecule has 3 rings (SSSR count). The Balaban J connectivity index is 1.69. The maximum atomic E-state index is 13.1. The molecule has 19 heavy (non-hydrogen) atoms. The first-order valence-corrected chi connectivity index (χ1v) is 7.32. The summed E-state index contributed by atoms with van der Waals surface area (Å²) >= 11 is 3.46. The van der Waals surface area contributed by atoms with Crippen LogP contribution >= 0.6 is 15.9 Å². The van der Waals surface area contributed by atoms with E-state index >= 15 is 0 Å². The number of benzene rings is 1. The highest BCUT2D eigenvalue weighted by molar-refractivity contribution is 9.10. The van der Waals surface area contributed by atoms with Crippen molar-refractivity contribution in [2.75, 3.05) is 6.61 Å². The number of halogens is 3. The van der Waals surface area contributed by atoms with E-state index in [4.69, 9.17) is 9.47 Å². The molecule has 1 fully saturated rings. The van der Waals surface area contributed by atoms with Gasteiger partial charge in [-0.15, -0.1) is 0 Å². The zero-order valence-corrected chi connectivity index (χ0v) is 12.0. The van der Waals surface area contributed by atoms with Crippen molar-refractivity contribution >= 4 is 15.9 Å². The SMILES string of the molecule is FC1(F)CCC(Oc2cc(Br)c3c(c2)CCO3)CC1. The molecular weight excluding hydrogens is 318 g/mol. The molecule has 0 atom stereocenters. The maximum Gasteiger partial charge on any atom is 0.248 e. The summed E-state index contributed by atoms with van der Waals surface area (Å²) in [4.78, 5) is 0. The minimum Gasteiger partial charge on any atom is -0.492 e. The molecule has 0 amide bonds. The molecule has 0 N–H and O–H groups in total. The quantitative estimate of drug-likeness (QED) is 0.802. The summed E-state index contributed by atoms with van der Waals surface area (Å²) in [5, 5.41) is 0. The number of fused-ring (bicyclic) bond motifs is 1. The Morgan fingerprint density at radius 3 is 2.74 bits per heavy atom. The highest BCUT2D eigenvalue weighted by atomic mass is 79.9. The lowest BCUT2D eigenvalue weighted by Crippen LogP contribution is -2.30. The Hall–Kier alpha value is -0.840. The first-order valence-electron chi connectivity index (χ1n) is 6.53. The predicted molar refractivity (Wildman–Crippen MR) is 71.2 cm³/mol. The summed E-state index contributed by atoms with van der Waals surface area (Å²) in [5.74, 6) is -0.888. The van der Waals surface area contributed by atoms with Gasteiger partial charge in [0, 0.05) is 24.8 Å². The van der Waals surface area contributed by atoms with Gasteiger partial charge in [0.15, 0.2) is 0 Å². The highest BCUT2D eigenvalue weighted by Gasteiger charge is 2.35. The van der Waals surface area contributed by atoms with E-state index in [-0.39, 0.29) is 18.9 Å². The van der Waals surface area contributed by atoms with Gasteiger partial charge in [-0.1, -0.05) is 0 Å². The molecule has 0 radical (unpaired) electrons. The molecule has 0 bridgehead atoms. The number of hydrogen-bond acceptors (Lipinski definition) is 2. The molecule has 2 nitrogen and oxygen atoms in total. The van der Waals surface area contributed by atoms with Gasteiger partial charge in [0.25, 0.3) is 0 Å². The summed E-state index contributed by atoms with van der Waals surface area (Å²) in [5.41, 5.74) is 1.12. The van der Waals surface area contributed by atoms with Crippen LogP contribution in [0.4, 0.5) is 8.78 Å². The predicted octanol–water partition coefficient (Wildman–Crippen LogP) is 4.34. The average molecular weight is 333 g/mol. The first-order chi connectivity index (χ1) is 9.03. The van der Waals surface area contributed by atoms with Gasteiger partial charge in [0.05, 0.1) is 17.2 Å². The largest absolute Gasteiger partial charge is 0.492 e. The number of ether oxygens (including phenoxy) is 2. The summed E-state index contributed by atoms with van der Waals surface area (Å²) in [7, 11) is 0.